The fraction of sp³-hybridized carbons (Fsp3) is 0.167. The molecule has 0 aliphatic carbocycles. The van der Waals surface area contributed by atoms with E-state index >= 15 is 0 Å². The first kappa shape index (κ1) is 14.6. The highest BCUT2D eigenvalue weighted by Gasteiger charge is 2.25. The average Bonchev–Trinajstić information content (AvgIpc) is 3.01. The van der Waals surface area contributed by atoms with E-state index in [9.17, 15) is 5.11 Å². The van der Waals surface area contributed by atoms with Crippen LogP contribution in [0.2, 0.25) is 0 Å². The standard InChI is InChI=1S/C18H15N5O/c19-9-12-2-1-3-14(8-12)18-17(13-4-6-20-7-5-13)15-10-21-16(24)11-23(15)22-18/h1-8,16,21,24H,10-11H2/t16-/m0/s1. The highest BCUT2D eigenvalue weighted by atomic mass is 16.3. The molecule has 3 heterocycles. The van der Waals surface area contributed by atoms with E-state index in [1.165, 1.54) is 0 Å². The molecule has 118 valence electrons. The summed E-state index contributed by atoms with van der Waals surface area (Å²) in [7, 11) is 0. The maximum atomic E-state index is 9.85. The predicted octanol–water partition coefficient (Wildman–Crippen LogP) is 1.91. The van der Waals surface area contributed by atoms with Crippen molar-refractivity contribution >= 4 is 0 Å². The lowest BCUT2D eigenvalue weighted by Gasteiger charge is -2.21. The van der Waals surface area contributed by atoms with Crippen LogP contribution in [-0.2, 0) is 13.1 Å². The van der Waals surface area contributed by atoms with E-state index in [4.69, 9.17) is 10.4 Å². The summed E-state index contributed by atoms with van der Waals surface area (Å²) >= 11 is 0. The van der Waals surface area contributed by atoms with Gasteiger partial charge < -0.3 is 5.11 Å². The van der Waals surface area contributed by atoms with E-state index in [1.807, 2.05) is 35.0 Å². The topological polar surface area (TPSA) is 86.8 Å². The number of fused-ring (bicyclic) bond motifs is 1. The van der Waals surface area contributed by atoms with Gasteiger partial charge in [-0.3, -0.25) is 15.0 Å². The Balaban J connectivity index is 1.95. The van der Waals surface area contributed by atoms with Gasteiger partial charge in [0.25, 0.3) is 0 Å². The summed E-state index contributed by atoms with van der Waals surface area (Å²) in [5, 5.41) is 26.8. The number of aromatic nitrogens is 3. The molecule has 1 aliphatic rings. The normalized spacial score (nSPS) is 16.4. The summed E-state index contributed by atoms with van der Waals surface area (Å²) in [5.74, 6) is 0. The zero-order chi connectivity index (χ0) is 16.5. The molecule has 2 N–H and O–H groups in total. The average molecular weight is 317 g/mol. The molecule has 0 saturated heterocycles. The molecule has 24 heavy (non-hydrogen) atoms. The Kier molecular flexibility index (Phi) is 3.58. The Hall–Kier alpha value is -3.01. The van der Waals surface area contributed by atoms with Crippen molar-refractivity contribution in [2.75, 3.05) is 0 Å². The maximum Gasteiger partial charge on any atom is 0.125 e. The molecule has 0 saturated carbocycles. The SMILES string of the molecule is N#Cc1cccc(-c2nn3c(c2-c2ccncc2)CN[C@@H](O)C3)c1. The predicted molar refractivity (Wildman–Crippen MR) is 88.5 cm³/mol. The van der Waals surface area contributed by atoms with Gasteiger partial charge in [0.05, 0.1) is 23.9 Å². The number of pyridine rings is 1. The summed E-state index contributed by atoms with van der Waals surface area (Å²) in [6.45, 7) is 0.926. The smallest absolute Gasteiger partial charge is 0.125 e. The Morgan fingerprint density at radius 1 is 1.21 bits per heavy atom. The molecule has 0 amide bonds. The fourth-order valence-corrected chi connectivity index (χ4v) is 3.03. The maximum absolute atomic E-state index is 9.85. The summed E-state index contributed by atoms with van der Waals surface area (Å²) in [6, 6.07) is 13.5. The largest absolute Gasteiger partial charge is 0.377 e. The third-order valence-electron chi connectivity index (χ3n) is 4.14. The zero-order valence-corrected chi connectivity index (χ0v) is 12.8. The summed E-state index contributed by atoms with van der Waals surface area (Å²) in [4.78, 5) is 4.08. The monoisotopic (exact) mass is 317 g/mol. The van der Waals surface area contributed by atoms with E-state index in [0.29, 0.717) is 18.7 Å². The second kappa shape index (κ2) is 5.89. The molecule has 6 nitrogen and oxygen atoms in total. The van der Waals surface area contributed by atoms with Gasteiger partial charge in [-0.2, -0.15) is 10.4 Å². The third-order valence-corrected chi connectivity index (χ3v) is 4.14. The van der Waals surface area contributed by atoms with Crippen LogP contribution in [0.25, 0.3) is 22.4 Å². The van der Waals surface area contributed by atoms with Crippen LogP contribution in [0.15, 0.2) is 48.8 Å². The first-order valence-corrected chi connectivity index (χ1v) is 7.68. The molecule has 0 spiro atoms. The van der Waals surface area contributed by atoms with Crippen LogP contribution in [0, 0.1) is 11.3 Å². The van der Waals surface area contributed by atoms with E-state index in [0.717, 1.165) is 28.1 Å². The van der Waals surface area contributed by atoms with Gasteiger partial charge in [-0.1, -0.05) is 12.1 Å². The Morgan fingerprint density at radius 3 is 2.83 bits per heavy atom. The Morgan fingerprint density at radius 2 is 2.04 bits per heavy atom. The van der Waals surface area contributed by atoms with Gasteiger partial charge in [-0.15, -0.1) is 0 Å². The van der Waals surface area contributed by atoms with Gasteiger partial charge in [0.1, 0.15) is 11.9 Å². The van der Waals surface area contributed by atoms with Gasteiger partial charge in [0.2, 0.25) is 0 Å². The van der Waals surface area contributed by atoms with Crippen LogP contribution in [0.1, 0.15) is 11.3 Å². The van der Waals surface area contributed by atoms with Crippen molar-refractivity contribution in [1.29, 1.82) is 5.26 Å². The molecule has 0 bridgehead atoms. The van der Waals surface area contributed by atoms with Crippen LogP contribution in [0.3, 0.4) is 0 Å². The molecule has 1 aliphatic heterocycles. The molecule has 1 aromatic carbocycles. The number of hydrogen-bond acceptors (Lipinski definition) is 5. The minimum atomic E-state index is -0.610. The van der Waals surface area contributed by atoms with Crippen LogP contribution in [0.5, 0.6) is 0 Å². The van der Waals surface area contributed by atoms with Crippen molar-refractivity contribution in [2.24, 2.45) is 0 Å². The van der Waals surface area contributed by atoms with Crippen LogP contribution in [0.4, 0.5) is 0 Å². The number of benzene rings is 1. The van der Waals surface area contributed by atoms with Crippen molar-refractivity contribution < 1.29 is 5.11 Å². The third kappa shape index (κ3) is 2.46. The molecule has 0 fully saturated rings. The molecule has 0 unspecified atom stereocenters. The number of hydrogen-bond donors (Lipinski definition) is 2. The Labute approximate surface area is 139 Å². The number of nitrogens with one attached hydrogen (secondary N) is 1. The lowest BCUT2D eigenvalue weighted by molar-refractivity contribution is 0.0961. The summed E-state index contributed by atoms with van der Waals surface area (Å²) in [5.41, 5.74) is 5.33. The first-order valence-electron chi connectivity index (χ1n) is 7.68. The molecule has 4 rings (SSSR count). The molecule has 6 heteroatoms. The highest BCUT2D eigenvalue weighted by Crippen LogP contribution is 2.35. The van der Waals surface area contributed by atoms with Gasteiger partial charge >= 0.3 is 0 Å². The van der Waals surface area contributed by atoms with Gasteiger partial charge in [-0.25, -0.2) is 0 Å². The second-order valence-corrected chi connectivity index (χ2v) is 5.68. The minimum Gasteiger partial charge on any atom is -0.377 e. The van der Waals surface area contributed by atoms with E-state index in [1.54, 1.807) is 18.5 Å². The zero-order valence-electron chi connectivity index (χ0n) is 12.8. The van der Waals surface area contributed by atoms with Crippen LogP contribution >= 0.6 is 0 Å². The van der Waals surface area contributed by atoms with Crippen molar-refractivity contribution in [3.63, 3.8) is 0 Å². The van der Waals surface area contributed by atoms with Crippen molar-refractivity contribution in [3.8, 4) is 28.5 Å². The second-order valence-electron chi connectivity index (χ2n) is 5.68. The van der Waals surface area contributed by atoms with Crippen molar-refractivity contribution in [2.45, 2.75) is 19.3 Å². The Bertz CT molecular complexity index is 926. The lowest BCUT2D eigenvalue weighted by Crippen LogP contribution is -2.38. The molecular formula is C18H15N5O. The number of rotatable bonds is 2. The minimum absolute atomic E-state index is 0.394. The van der Waals surface area contributed by atoms with Crippen LogP contribution in [-0.4, -0.2) is 26.1 Å². The van der Waals surface area contributed by atoms with E-state index in [2.05, 4.69) is 16.4 Å². The molecule has 3 aromatic rings. The van der Waals surface area contributed by atoms with Gasteiger partial charge in [-0.05, 0) is 29.8 Å². The van der Waals surface area contributed by atoms with Crippen LogP contribution < -0.4 is 5.32 Å². The van der Waals surface area contributed by atoms with Gasteiger partial charge in [0.15, 0.2) is 0 Å². The van der Waals surface area contributed by atoms with Crippen molar-refractivity contribution in [3.05, 3.63) is 60.0 Å². The summed E-state index contributed by atoms with van der Waals surface area (Å²) in [6.07, 6.45) is 2.89. The van der Waals surface area contributed by atoms with E-state index < -0.39 is 6.23 Å². The van der Waals surface area contributed by atoms with Gasteiger partial charge in [0, 0.05) is 30.1 Å². The molecule has 0 radical (unpaired) electrons. The number of aliphatic hydroxyl groups is 1. The number of aliphatic hydroxyl groups excluding tert-OH is 1. The molecule has 1 atom stereocenters. The molecule has 2 aromatic heterocycles. The highest BCUT2D eigenvalue weighted by molar-refractivity contribution is 5.83. The lowest BCUT2D eigenvalue weighted by atomic mass is 9.98. The quantitative estimate of drug-likeness (QED) is 0.754. The fourth-order valence-electron chi connectivity index (χ4n) is 3.03. The van der Waals surface area contributed by atoms with E-state index in [-0.39, 0.29) is 0 Å². The van der Waals surface area contributed by atoms with Crippen molar-refractivity contribution in [1.82, 2.24) is 20.1 Å². The number of nitrogens with zero attached hydrogens (tertiary/aromatic N) is 4. The summed E-state index contributed by atoms with van der Waals surface area (Å²) < 4.78 is 1.84. The molecular weight excluding hydrogens is 302 g/mol. The first-order chi connectivity index (χ1) is 11.8. The number of nitriles is 1.